The lowest BCUT2D eigenvalue weighted by atomic mass is 9.84. The van der Waals surface area contributed by atoms with Crippen molar-refractivity contribution in [1.29, 1.82) is 0 Å². The first-order valence-electron chi connectivity index (χ1n) is 8.89. The Morgan fingerprint density at radius 2 is 2.35 bits per heavy atom. The van der Waals surface area contributed by atoms with Crippen LogP contribution >= 0.6 is 11.3 Å². The van der Waals surface area contributed by atoms with Gasteiger partial charge >= 0.3 is 0 Å². The Morgan fingerprint density at radius 1 is 1.46 bits per heavy atom. The molecule has 4 rings (SSSR count). The summed E-state index contributed by atoms with van der Waals surface area (Å²) in [6.45, 7) is 4.32. The predicted molar refractivity (Wildman–Crippen MR) is 98.0 cm³/mol. The monoisotopic (exact) mass is 374 g/mol. The van der Waals surface area contributed by atoms with Gasteiger partial charge in [-0.25, -0.2) is 0 Å². The summed E-state index contributed by atoms with van der Waals surface area (Å²) in [4.78, 5) is 19.3. The molecule has 1 spiro atoms. The molecule has 1 unspecified atom stereocenters. The average Bonchev–Trinajstić information content (AvgIpc) is 3.09. The van der Waals surface area contributed by atoms with Crippen LogP contribution in [0.3, 0.4) is 0 Å². The molecule has 2 aromatic rings. The average molecular weight is 374 g/mol. The van der Waals surface area contributed by atoms with E-state index >= 15 is 0 Å². The van der Waals surface area contributed by atoms with Gasteiger partial charge < -0.3 is 19.1 Å². The van der Waals surface area contributed by atoms with Gasteiger partial charge in [0.15, 0.2) is 0 Å². The second-order valence-electron chi connectivity index (χ2n) is 6.66. The minimum atomic E-state index is -0.288. The van der Waals surface area contributed by atoms with Gasteiger partial charge in [-0.1, -0.05) is 0 Å². The van der Waals surface area contributed by atoms with E-state index in [0.29, 0.717) is 36.9 Å². The molecule has 1 amide bonds. The number of nitrogens with zero attached hydrogens (tertiary/aromatic N) is 2. The number of likely N-dealkylation sites (tertiary alicyclic amines) is 1. The largest absolute Gasteiger partial charge is 0.492 e. The van der Waals surface area contributed by atoms with Gasteiger partial charge in [0.05, 0.1) is 32.5 Å². The smallest absolute Gasteiger partial charge is 0.267 e. The molecule has 0 aromatic carbocycles. The number of amides is 1. The highest BCUT2D eigenvalue weighted by molar-refractivity contribution is 7.12. The Labute approximate surface area is 156 Å². The van der Waals surface area contributed by atoms with Gasteiger partial charge in [-0.3, -0.25) is 9.78 Å². The summed E-state index contributed by atoms with van der Waals surface area (Å²) in [6.07, 6.45) is 5.18. The molecule has 2 saturated heterocycles. The molecule has 0 saturated carbocycles. The number of hydrogen-bond donors (Lipinski definition) is 0. The number of ether oxygens (including phenoxy) is 3. The minimum Gasteiger partial charge on any atom is -0.492 e. The van der Waals surface area contributed by atoms with Crippen molar-refractivity contribution in [3.05, 3.63) is 40.8 Å². The predicted octanol–water partition coefficient (Wildman–Crippen LogP) is 2.99. The molecule has 0 N–H and O–H groups in total. The summed E-state index contributed by atoms with van der Waals surface area (Å²) in [5.41, 5.74) is -0.288. The number of carbonyl (C=O) groups excluding carboxylic acids is 1. The third-order valence-corrected chi connectivity index (χ3v) is 5.64. The SMILES string of the molecule is CCOc1ccsc1C(=O)N1CC2(CC(Oc3cccnc3)CCO2)C1. The summed E-state index contributed by atoms with van der Waals surface area (Å²) in [6, 6.07) is 5.63. The third-order valence-electron chi connectivity index (χ3n) is 4.75. The first kappa shape index (κ1) is 17.3. The summed E-state index contributed by atoms with van der Waals surface area (Å²) in [7, 11) is 0. The second-order valence-corrected chi connectivity index (χ2v) is 7.58. The van der Waals surface area contributed by atoms with Crippen LogP contribution in [0.2, 0.25) is 0 Å². The zero-order valence-electron chi connectivity index (χ0n) is 14.7. The maximum atomic E-state index is 12.7. The van der Waals surface area contributed by atoms with Crippen LogP contribution in [0.25, 0.3) is 0 Å². The standard InChI is InChI=1S/C19H22N2O4S/c1-2-23-16-6-9-26-17(16)18(22)21-12-19(13-21)10-14(5-8-24-19)25-15-4-3-7-20-11-15/h3-4,6-7,9,11,14H,2,5,8,10,12-13H2,1H3. The summed E-state index contributed by atoms with van der Waals surface area (Å²) < 4.78 is 17.6. The number of pyridine rings is 1. The molecule has 2 aliphatic heterocycles. The molecule has 2 aromatic heterocycles. The number of aromatic nitrogens is 1. The van der Waals surface area contributed by atoms with Crippen LogP contribution in [0.1, 0.15) is 29.4 Å². The van der Waals surface area contributed by atoms with Crippen molar-refractivity contribution in [2.75, 3.05) is 26.3 Å². The topological polar surface area (TPSA) is 60.9 Å². The van der Waals surface area contributed by atoms with Gasteiger partial charge in [0.1, 0.15) is 28.1 Å². The molecule has 26 heavy (non-hydrogen) atoms. The van der Waals surface area contributed by atoms with E-state index in [0.717, 1.165) is 18.6 Å². The van der Waals surface area contributed by atoms with Gasteiger partial charge in [-0.15, -0.1) is 11.3 Å². The number of rotatable bonds is 5. The quantitative estimate of drug-likeness (QED) is 0.805. The molecule has 0 aliphatic carbocycles. The fourth-order valence-electron chi connectivity index (χ4n) is 3.57. The maximum absolute atomic E-state index is 12.7. The van der Waals surface area contributed by atoms with Crippen LogP contribution in [0.4, 0.5) is 0 Å². The van der Waals surface area contributed by atoms with Crippen LogP contribution in [-0.4, -0.2) is 53.8 Å². The second kappa shape index (κ2) is 7.25. The molecular formula is C19H22N2O4S. The van der Waals surface area contributed by atoms with E-state index in [1.54, 1.807) is 12.4 Å². The van der Waals surface area contributed by atoms with Crippen molar-refractivity contribution in [2.45, 2.75) is 31.5 Å². The fourth-order valence-corrected chi connectivity index (χ4v) is 4.37. The molecular weight excluding hydrogens is 352 g/mol. The Balaban J connectivity index is 1.36. The van der Waals surface area contributed by atoms with Gasteiger partial charge in [-0.2, -0.15) is 0 Å². The molecule has 2 aliphatic rings. The van der Waals surface area contributed by atoms with Crippen LogP contribution in [-0.2, 0) is 4.74 Å². The van der Waals surface area contributed by atoms with Gasteiger partial charge in [-0.05, 0) is 30.5 Å². The summed E-state index contributed by atoms with van der Waals surface area (Å²) in [5, 5.41) is 1.89. The highest BCUT2D eigenvalue weighted by atomic mass is 32.1. The summed E-state index contributed by atoms with van der Waals surface area (Å²) >= 11 is 1.42. The van der Waals surface area contributed by atoms with Crippen molar-refractivity contribution in [3.63, 3.8) is 0 Å². The number of carbonyl (C=O) groups is 1. The van der Waals surface area contributed by atoms with Crippen LogP contribution in [0.15, 0.2) is 36.0 Å². The number of thiophene rings is 1. The van der Waals surface area contributed by atoms with E-state index in [-0.39, 0.29) is 17.6 Å². The normalized spacial score (nSPS) is 21.3. The van der Waals surface area contributed by atoms with Gasteiger partial charge in [0, 0.05) is 19.0 Å². The van der Waals surface area contributed by atoms with E-state index in [2.05, 4.69) is 4.98 Å². The Bertz CT molecular complexity index is 758. The van der Waals surface area contributed by atoms with E-state index in [1.807, 2.05) is 35.4 Å². The van der Waals surface area contributed by atoms with E-state index in [4.69, 9.17) is 14.2 Å². The molecule has 1 atom stereocenters. The third kappa shape index (κ3) is 3.41. The zero-order chi connectivity index (χ0) is 18.0. The van der Waals surface area contributed by atoms with Crippen molar-refractivity contribution >= 4 is 17.2 Å². The van der Waals surface area contributed by atoms with E-state index < -0.39 is 0 Å². The molecule has 0 bridgehead atoms. The lowest BCUT2D eigenvalue weighted by molar-refractivity contribution is -0.173. The van der Waals surface area contributed by atoms with Crippen molar-refractivity contribution in [3.8, 4) is 11.5 Å². The lowest BCUT2D eigenvalue weighted by Gasteiger charge is -2.52. The summed E-state index contributed by atoms with van der Waals surface area (Å²) in [5.74, 6) is 1.47. The zero-order valence-corrected chi connectivity index (χ0v) is 15.5. The van der Waals surface area contributed by atoms with Crippen LogP contribution in [0, 0.1) is 0 Å². The highest BCUT2D eigenvalue weighted by Gasteiger charge is 2.50. The van der Waals surface area contributed by atoms with Crippen molar-refractivity contribution in [2.24, 2.45) is 0 Å². The molecule has 0 radical (unpaired) electrons. The van der Waals surface area contributed by atoms with Crippen LogP contribution in [0.5, 0.6) is 11.5 Å². The van der Waals surface area contributed by atoms with Gasteiger partial charge in [0.2, 0.25) is 0 Å². The first-order chi connectivity index (χ1) is 12.7. The highest BCUT2D eigenvalue weighted by Crippen LogP contribution is 2.38. The first-order valence-corrected chi connectivity index (χ1v) is 9.77. The lowest BCUT2D eigenvalue weighted by Crippen LogP contribution is -2.67. The molecule has 6 nitrogen and oxygen atoms in total. The minimum absolute atomic E-state index is 0.0213. The molecule has 2 fully saturated rings. The Morgan fingerprint density at radius 3 is 3.12 bits per heavy atom. The van der Waals surface area contributed by atoms with E-state index in [9.17, 15) is 4.79 Å². The Kier molecular flexibility index (Phi) is 4.82. The van der Waals surface area contributed by atoms with Crippen molar-refractivity contribution in [1.82, 2.24) is 9.88 Å². The molecule has 4 heterocycles. The fraction of sp³-hybridized carbons (Fsp3) is 0.474. The molecule has 7 heteroatoms. The maximum Gasteiger partial charge on any atom is 0.267 e. The van der Waals surface area contributed by atoms with Crippen molar-refractivity contribution < 1.29 is 19.0 Å². The van der Waals surface area contributed by atoms with E-state index in [1.165, 1.54) is 11.3 Å². The molecule has 138 valence electrons. The van der Waals surface area contributed by atoms with Crippen LogP contribution < -0.4 is 9.47 Å². The van der Waals surface area contributed by atoms with Gasteiger partial charge in [0.25, 0.3) is 5.91 Å². The number of hydrogen-bond acceptors (Lipinski definition) is 6. The Hall–Kier alpha value is -2.12.